The molecule has 2 aromatic carbocycles. The highest BCUT2D eigenvalue weighted by Crippen LogP contribution is 2.35. The van der Waals surface area contributed by atoms with Crippen LogP contribution in [0, 0.1) is 29.6 Å². The molecule has 0 unspecified atom stereocenters. The van der Waals surface area contributed by atoms with Gasteiger partial charge in [0.25, 0.3) is 0 Å². The summed E-state index contributed by atoms with van der Waals surface area (Å²) in [5, 5.41) is 20.4. The lowest BCUT2D eigenvalue weighted by atomic mass is 9.94. The molecule has 0 fully saturated rings. The van der Waals surface area contributed by atoms with Crippen molar-refractivity contribution in [2.45, 2.75) is 30.5 Å². The number of aryl methyl sites for hydroxylation is 2. The fourth-order valence-corrected chi connectivity index (χ4v) is 4.28. The predicted molar refractivity (Wildman–Crippen MR) is 120 cm³/mol. The Hall–Kier alpha value is -3.12. The zero-order valence-corrected chi connectivity index (χ0v) is 18.0. The molecule has 0 atom stereocenters. The van der Waals surface area contributed by atoms with Gasteiger partial charge >= 0.3 is 0 Å². The maximum absolute atomic E-state index is 9.94. The maximum atomic E-state index is 9.94. The van der Waals surface area contributed by atoms with Crippen LogP contribution in [0.25, 0.3) is 11.1 Å². The van der Waals surface area contributed by atoms with E-state index in [0.29, 0.717) is 33.2 Å². The van der Waals surface area contributed by atoms with Crippen LogP contribution in [0.4, 0.5) is 0 Å². The van der Waals surface area contributed by atoms with Gasteiger partial charge in [0, 0.05) is 25.0 Å². The van der Waals surface area contributed by atoms with Crippen LogP contribution in [0.3, 0.4) is 0 Å². The Kier molecular flexibility index (Phi) is 7.63. The third-order valence-electron chi connectivity index (χ3n) is 4.84. The third-order valence-corrected chi connectivity index (χ3v) is 5.89. The average Bonchev–Trinajstić information content (AvgIpc) is 2.78. The van der Waals surface area contributed by atoms with Gasteiger partial charge in [-0.3, -0.25) is 0 Å². The fraction of sp³-hybridized carbons (Fsp3) is 0.240. The Bertz CT molecular complexity index is 1080. The number of nitrogens with zero attached hydrogens (tertiary/aromatic N) is 3. The molecule has 1 aromatic heterocycles. The number of hydrogen-bond donors (Lipinski definition) is 0. The van der Waals surface area contributed by atoms with Gasteiger partial charge in [0.15, 0.2) is 0 Å². The van der Waals surface area contributed by atoms with E-state index in [4.69, 9.17) is 4.74 Å². The first kappa shape index (κ1) is 21.6. The van der Waals surface area contributed by atoms with E-state index in [2.05, 4.69) is 41.4 Å². The molecule has 0 amide bonds. The van der Waals surface area contributed by atoms with Gasteiger partial charge in [-0.2, -0.15) is 10.5 Å². The average molecular weight is 414 g/mol. The van der Waals surface area contributed by atoms with E-state index in [0.717, 1.165) is 30.6 Å². The van der Waals surface area contributed by atoms with E-state index in [-0.39, 0.29) is 0 Å². The van der Waals surface area contributed by atoms with Crippen LogP contribution in [0.15, 0.2) is 59.6 Å². The first-order chi connectivity index (χ1) is 14.7. The number of pyridine rings is 1. The summed E-state index contributed by atoms with van der Waals surface area (Å²) in [6, 6.07) is 22.7. The highest BCUT2D eigenvalue weighted by atomic mass is 32.2. The summed E-state index contributed by atoms with van der Waals surface area (Å²) < 4.78 is 5.12. The van der Waals surface area contributed by atoms with Crippen molar-refractivity contribution in [2.24, 2.45) is 0 Å². The predicted octanol–water partition coefficient (Wildman–Crippen LogP) is 5.67. The fourth-order valence-electron chi connectivity index (χ4n) is 3.30. The molecule has 3 rings (SSSR count). The Labute approximate surface area is 182 Å². The number of ether oxygens (including phenoxy) is 1. The molecule has 1 heterocycles. The Morgan fingerprint density at radius 2 is 1.63 bits per heavy atom. The largest absolute Gasteiger partial charge is 0.385 e. The van der Waals surface area contributed by atoms with Gasteiger partial charge in [-0.1, -0.05) is 54.6 Å². The molecule has 3 aromatic rings. The molecule has 0 aliphatic carbocycles. The van der Waals surface area contributed by atoms with E-state index in [1.165, 1.54) is 17.3 Å². The van der Waals surface area contributed by atoms with Crippen molar-refractivity contribution in [3.63, 3.8) is 0 Å². The zero-order valence-electron chi connectivity index (χ0n) is 17.2. The summed E-state index contributed by atoms with van der Waals surface area (Å²) in [5.41, 5.74) is 5.48. The molecular formula is C25H23N3OS. The summed E-state index contributed by atoms with van der Waals surface area (Å²) in [7, 11) is 1.70. The van der Waals surface area contributed by atoms with Crippen LogP contribution in [0.5, 0.6) is 0 Å². The summed E-state index contributed by atoms with van der Waals surface area (Å²) in [6.45, 7) is 2.55. The van der Waals surface area contributed by atoms with Crippen molar-refractivity contribution < 1.29 is 4.74 Å². The van der Waals surface area contributed by atoms with Crippen molar-refractivity contribution in [3.8, 4) is 23.3 Å². The van der Waals surface area contributed by atoms with Crippen LogP contribution in [-0.4, -0.2) is 18.7 Å². The van der Waals surface area contributed by atoms with Crippen LogP contribution < -0.4 is 0 Å². The van der Waals surface area contributed by atoms with Crippen LogP contribution in [-0.2, 0) is 16.9 Å². The molecule has 0 aliphatic heterocycles. The van der Waals surface area contributed by atoms with Gasteiger partial charge in [-0.15, -0.1) is 11.8 Å². The Morgan fingerprint density at radius 1 is 0.933 bits per heavy atom. The van der Waals surface area contributed by atoms with Crippen LogP contribution in [0.2, 0.25) is 0 Å². The summed E-state index contributed by atoms with van der Waals surface area (Å²) in [6.07, 6.45) is 1.88. The minimum atomic E-state index is 0.461. The van der Waals surface area contributed by atoms with Crippen molar-refractivity contribution in [3.05, 3.63) is 82.5 Å². The zero-order chi connectivity index (χ0) is 21.3. The number of hydrogen-bond acceptors (Lipinski definition) is 5. The highest BCUT2D eigenvalue weighted by molar-refractivity contribution is 7.98. The molecule has 0 saturated carbocycles. The molecule has 150 valence electrons. The third kappa shape index (κ3) is 5.07. The number of nitriles is 2. The smallest absolute Gasteiger partial charge is 0.115 e. The quantitative estimate of drug-likeness (QED) is 0.351. The maximum Gasteiger partial charge on any atom is 0.115 e. The first-order valence-electron chi connectivity index (χ1n) is 9.77. The summed E-state index contributed by atoms with van der Waals surface area (Å²) >= 11 is 1.53. The molecule has 4 nitrogen and oxygen atoms in total. The van der Waals surface area contributed by atoms with E-state index in [1.807, 2.05) is 37.3 Å². The lowest BCUT2D eigenvalue weighted by molar-refractivity contribution is 0.195. The minimum absolute atomic E-state index is 0.461. The number of methoxy groups -OCH3 is 1. The van der Waals surface area contributed by atoms with Crippen LogP contribution in [0.1, 0.15) is 34.4 Å². The van der Waals surface area contributed by atoms with Gasteiger partial charge < -0.3 is 4.74 Å². The number of rotatable bonds is 8. The summed E-state index contributed by atoms with van der Waals surface area (Å²) in [4.78, 5) is 4.59. The number of thioether (sulfide) groups is 1. The summed E-state index contributed by atoms with van der Waals surface area (Å²) in [5.74, 6) is 0.714. The lowest BCUT2D eigenvalue weighted by Crippen LogP contribution is -2.01. The second kappa shape index (κ2) is 10.6. The Balaban J connectivity index is 1.97. The van der Waals surface area contributed by atoms with Crippen LogP contribution >= 0.6 is 11.8 Å². The molecular weight excluding hydrogens is 390 g/mol. The monoisotopic (exact) mass is 413 g/mol. The van der Waals surface area contributed by atoms with Crippen molar-refractivity contribution in [2.75, 3.05) is 13.7 Å². The van der Waals surface area contributed by atoms with E-state index >= 15 is 0 Å². The minimum Gasteiger partial charge on any atom is -0.385 e. The highest BCUT2D eigenvalue weighted by Gasteiger charge is 2.20. The van der Waals surface area contributed by atoms with Gasteiger partial charge in [-0.05, 0) is 36.5 Å². The van der Waals surface area contributed by atoms with Crippen molar-refractivity contribution in [1.29, 1.82) is 10.5 Å². The molecule has 0 N–H and O–H groups in total. The van der Waals surface area contributed by atoms with Gasteiger partial charge in [0.05, 0.1) is 16.8 Å². The topological polar surface area (TPSA) is 69.7 Å². The molecule has 0 saturated heterocycles. The van der Waals surface area contributed by atoms with Gasteiger partial charge in [0.2, 0.25) is 0 Å². The van der Waals surface area contributed by atoms with Crippen molar-refractivity contribution >= 4 is 11.8 Å². The van der Waals surface area contributed by atoms with Gasteiger partial charge in [0.1, 0.15) is 17.2 Å². The molecule has 0 spiro atoms. The molecule has 0 aliphatic rings. The molecule has 0 radical (unpaired) electrons. The van der Waals surface area contributed by atoms with E-state index < -0.39 is 0 Å². The second-order valence-electron chi connectivity index (χ2n) is 6.92. The normalized spacial score (nSPS) is 10.4. The Morgan fingerprint density at radius 3 is 2.27 bits per heavy atom. The van der Waals surface area contributed by atoms with Crippen molar-refractivity contribution in [1.82, 2.24) is 4.98 Å². The standard InChI is InChI=1S/C25H23N3OS/c1-18-22(15-26)24(21-12-10-19(11-13-21)9-6-14-29-2)23(16-27)25(28-18)30-17-20-7-4-3-5-8-20/h3-5,7-8,10-13H,6,9,14,17H2,1-2H3. The number of benzene rings is 2. The lowest BCUT2D eigenvalue weighted by Gasteiger charge is -2.14. The second-order valence-corrected chi connectivity index (χ2v) is 7.88. The van der Waals surface area contributed by atoms with E-state index in [9.17, 15) is 10.5 Å². The van der Waals surface area contributed by atoms with E-state index in [1.54, 1.807) is 7.11 Å². The molecule has 0 bridgehead atoms. The molecule has 30 heavy (non-hydrogen) atoms. The van der Waals surface area contributed by atoms with Gasteiger partial charge in [-0.25, -0.2) is 4.98 Å². The number of aromatic nitrogens is 1. The SMILES string of the molecule is COCCCc1ccc(-c2c(C#N)c(C)nc(SCc3ccccc3)c2C#N)cc1. The first-order valence-corrected chi connectivity index (χ1v) is 10.8. The molecule has 5 heteroatoms.